The Bertz CT molecular complexity index is 685. The molecule has 0 radical (unpaired) electrons. The van der Waals surface area contributed by atoms with Gasteiger partial charge in [0.05, 0.1) is 25.3 Å². The summed E-state index contributed by atoms with van der Waals surface area (Å²) >= 11 is 0. The van der Waals surface area contributed by atoms with Gasteiger partial charge in [-0.05, 0) is 24.3 Å². The maximum absolute atomic E-state index is 5.40. The predicted octanol–water partition coefficient (Wildman–Crippen LogP) is 3.34. The number of nitrogens with one attached hydrogen (secondary N) is 1. The van der Waals surface area contributed by atoms with E-state index in [0.717, 1.165) is 33.3 Å². The van der Waals surface area contributed by atoms with Crippen molar-refractivity contribution in [1.29, 1.82) is 0 Å². The van der Waals surface area contributed by atoms with Crippen LogP contribution in [0.15, 0.2) is 36.4 Å². The molecule has 0 amide bonds. The Morgan fingerprint density at radius 1 is 0.941 bits per heavy atom. The number of H-pyrrole nitrogens is 1. The van der Waals surface area contributed by atoms with E-state index in [0.29, 0.717) is 0 Å². The van der Waals surface area contributed by atoms with Crippen molar-refractivity contribution in [2.75, 3.05) is 14.2 Å². The van der Waals surface area contributed by atoms with Gasteiger partial charge in [0.1, 0.15) is 11.5 Å². The Hall–Kier alpha value is -2.16. The van der Waals surface area contributed by atoms with Crippen molar-refractivity contribution >= 4 is 21.8 Å². The van der Waals surface area contributed by atoms with Crippen molar-refractivity contribution in [3.05, 3.63) is 36.4 Å². The Labute approximate surface area is 99.0 Å². The molecule has 0 bridgehead atoms. The molecule has 0 spiro atoms. The van der Waals surface area contributed by atoms with Crippen molar-refractivity contribution in [3.63, 3.8) is 0 Å². The van der Waals surface area contributed by atoms with E-state index in [1.54, 1.807) is 14.2 Å². The molecule has 17 heavy (non-hydrogen) atoms. The number of fused-ring (bicyclic) bond motifs is 3. The van der Waals surface area contributed by atoms with Crippen LogP contribution in [0.3, 0.4) is 0 Å². The SMILES string of the molecule is COc1ccc2c(c1)[nH]c1cccc(OC)c12. The highest BCUT2D eigenvalue weighted by molar-refractivity contribution is 6.10. The molecule has 0 aliphatic carbocycles. The monoisotopic (exact) mass is 227 g/mol. The molecule has 86 valence electrons. The normalized spacial score (nSPS) is 10.9. The predicted molar refractivity (Wildman–Crippen MR) is 68.9 cm³/mol. The highest BCUT2D eigenvalue weighted by Crippen LogP contribution is 2.34. The minimum absolute atomic E-state index is 0.850. The van der Waals surface area contributed by atoms with Crippen molar-refractivity contribution in [2.45, 2.75) is 0 Å². The largest absolute Gasteiger partial charge is 0.497 e. The minimum atomic E-state index is 0.850. The first-order valence-electron chi connectivity index (χ1n) is 5.46. The van der Waals surface area contributed by atoms with Crippen LogP contribution < -0.4 is 9.47 Å². The number of benzene rings is 2. The Morgan fingerprint density at radius 3 is 2.59 bits per heavy atom. The van der Waals surface area contributed by atoms with Gasteiger partial charge in [0, 0.05) is 16.8 Å². The molecule has 1 heterocycles. The Balaban J connectivity index is 2.42. The fraction of sp³-hybridized carbons (Fsp3) is 0.143. The van der Waals surface area contributed by atoms with E-state index in [4.69, 9.17) is 9.47 Å². The van der Waals surface area contributed by atoms with E-state index in [1.807, 2.05) is 30.3 Å². The molecule has 3 nitrogen and oxygen atoms in total. The fourth-order valence-electron chi connectivity index (χ4n) is 2.20. The third-order valence-corrected chi connectivity index (χ3v) is 3.01. The molecule has 0 fully saturated rings. The highest BCUT2D eigenvalue weighted by Gasteiger charge is 2.09. The lowest BCUT2D eigenvalue weighted by Gasteiger charge is -2.02. The summed E-state index contributed by atoms with van der Waals surface area (Å²) in [4.78, 5) is 3.37. The summed E-state index contributed by atoms with van der Waals surface area (Å²) in [7, 11) is 3.36. The van der Waals surface area contributed by atoms with E-state index in [9.17, 15) is 0 Å². The van der Waals surface area contributed by atoms with Gasteiger partial charge in [-0.1, -0.05) is 6.07 Å². The van der Waals surface area contributed by atoms with E-state index in [1.165, 1.54) is 0 Å². The lowest BCUT2D eigenvalue weighted by Crippen LogP contribution is -1.83. The van der Waals surface area contributed by atoms with Gasteiger partial charge >= 0.3 is 0 Å². The zero-order valence-corrected chi connectivity index (χ0v) is 9.78. The van der Waals surface area contributed by atoms with Gasteiger partial charge in [0.15, 0.2) is 0 Å². The maximum Gasteiger partial charge on any atom is 0.128 e. The lowest BCUT2D eigenvalue weighted by atomic mass is 10.1. The van der Waals surface area contributed by atoms with Crippen molar-refractivity contribution in [2.24, 2.45) is 0 Å². The zero-order chi connectivity index (χ0) is 11.8. The average molecular weight is 227 g/mol. The maximum atomic E-state index is 5.40. The van der Waals surface area contributed by atoms with Crippen molar-refractivity contribution in [3.8, 4) is 11.5 Å². The van der Waals surface area contributed by atoms with Gasteiger partial charge in [0.2, 0.25) is 0 Å². The van der Waals surface area contributed by atoms with Gasteiger partial charge in [-0.3, -0.25) is 0 Å². The number of aromatic nitrogens is 1. The second kappa shape index (κ2) is 3.70. The second-order valence-electron chi connectivity index (χ2n) is 3.92. The first kappa shape index (κ1) is 10.0. The molecule has 1 aromatic heterocycles. The average Bonchev–Trinajstić information content (AvgIpc) is 2.75. The van der Waals surface area contributed by atoms with Gasteiger partial charge in [-0.25, -0.2) is 0 Å². The third-order valence-electron chi connectivity index (χ3n) is 3.01. The zero-order valence-electron chi connectivity index (χ0n) is 9.78. The molecule has 1 N–H and O–H groups in total. The van der Waals surface area contributed by atoms with Gasteiger partial charge in [0.25, 0.3) is 0 Å². The first-order chi connectivity index (χ1) is 8.33. The highest BCUT2D eigenvalue weighted by atomic mass is 16.5. The number of aromatic amines is 1. The summed E-state index contributed by atoms with van der Waals surface area (Å²) in [6.07, 6.45) is 0. The summed E-state index contributed by atoms with van der Waals surface area (Å²) in [5.74, 6) is 1.74. The second-order valence-corrected chi connectivity index (χ2v) is 3.92. The fourth-order valence-corrected chi connectivity index (χ4v) is 2.20. The van der Waals surface area contributed by atoms with Crippen molar-refractivity contribution in [1.82, 2.24) is 4.98 Å². The number of ether oxygens (including phenoxy) is 2. The van der Waals surface area contributed by atoms with Crippen LogP contribution in [-0.4, -0.2) is 19.2 Å². The molecular weight excluding hydrogens is 214 g/mol. The Kier molecular flexibility index (Phi) is 2.18. The molecule has 3 aromatic rings. The molecular formula is C14H13NO2. The molecule has 0 aliphatic rings. The minimum Gasteiger partial charge on any atom is -0.497 e. The number of methoxy groups -OCH3 is 2. The molecule has 0 atom stereocenters. The topological polar surface area (TPSA) is 34.2 Å². The summed E-state index contributed by atoms with van der Waals surface area (Å²) in [6, 6.07) is 12.0. The van der Waals surface area contributed by atoms with Gasteiger partial charge < -0.3 is 14.5 Å². The number of hydrogen-bond donors (Lipinski definition) is 1. The van der Waals surface area contributed by atoms with Crippen LogP contribution in [0.2, 0.25) is 0 Å². The molecule has 0 aliphatic heterocycles. The molecule has 2 aromatic carbocycles. The summed E-state index contributed by atoms with van der Waals surface area (Å²) in [5, 5.41) is 2.27. The lowest BCUT2D eigenvalue weighted by molar-refractivity contribution is 0.415. The van der Waals surface area contributed by atoms with E-state index in [2.05, 4.69) is 11.1 Å². The van der Waals surface area contributed by atoms with E-state index in [-0.39, 0.29) is 0 Å². The molecule has 3 rings (SSSR count). The standard InChI is InChI=1S/C14H13NO2/c1-16-9-6-7-10-12(8-9)15-11-4-3-5-13(17-2)14(10)11/h3-8,15H,1-2H3. The van der Waals surface area contributed by atoms with Crippen LogP contribution in [0.5, 0.6) is 11.5 Å². The van der Waals surface area contributed by atoms with Gasteiger partial charge in [-0.2, -0.15) is 0 Å². The summed E-state index contributed by atoms with van der Waals surface area (Å²) < 4.78 is 10.6. The first-order valence-corrected chi connectivity index (χ1v) is 5.46. The smallest absolute Gasteiger partial charge is 0.128 e. The van der Waals surface area contributed by atoms with Crippen molar-refractivity contribution < 1.29 is 9.47 Å². The number of hydrogen-bond acceptors (Lipinski definition) is 2. The summed E-state index contributed by atoms with van der Waals surface area (Å²) in [6.45, 7) is 0. The molecule has 0 saturated heterocycles. The quantitative estimate of drug-likeness (QED) is 0.728. The van der Waals surface area contributed by atoms with E-state index < -0.39 is 0 Å². The third kappa shape index (κ3) is 1.43. The van der Waals surface area contributed by atoms with Gasteiger partial charge in [-0.15, -0.1) is 0 Å². The van der Waals surface area contributed by atoms with Crippen LogP contribution in [-0.2, 0) is 0 Å². The van der Waals surface area contributed by atoms with Crippen LogP contribution in [0.1, 0.15) is 0 Å². The molecule has 3 heteroatoms. The van der Waals surface area contributed by atoms with Crippen LogP contribution in [0.4, 0.5) is 0 Å². The van der Waals surface area contributed by atoms with Crippen LogP contribution >= 0.6 is 0 Å². The van der Waals surface area contributed by atoms with Crippen LogP contribution in [0.25, 0.3) is 21.8 Å². The molecule has 0 saturated carbocycles. The summed E-state index contributed by atoms with van der Waals surface area (Å²) in [5.41, 5.74) is 2.14. The van der Waals surface area contributed by atoms with Crippen LogP contribution in [0, 0.1) is 0 Å². The van der Waals surface area contributed by atoms with E-state index >= 15 is 0 Å². The molecule has 0 unspecified atom stereocenters. The number of rotatable bonds is 2. The Morgan fingerprint density at radius 2 is 1.82 bits per heavy atom.